The minimum Gasteiger partial charge on any atom is -0.497 e. The molecule has 2 aliphatic rings. The van der Waals surface area contributed by atoms with Crippen molar-refractivity contribution in [2.24, 2.45) is 4.99 Å². The van der Waals surface area contributed by atoms with Crippen molar-refractivity contribution in [1.82, 2.24) is 15.5 Å². The molecular weight excluding hydrogens is 493 g/mol. The van der Waals surface area contributed by atoms with E-state index in [9.17, 15) is 4.79 Å². The van der Waals surface area contributed by atoms with E-state index in [1.54, 1.807) is 14.2 Å². The van der Waals surface area contributed by atoms with Crippen molar-refractivity contribution in [3.63, 3.8) is 0 Å². The lowest BCUT2D eigenvalue weighted by molar-refractivity contribution is -0.121. The van der Waals surface area contributed by atoms with Gasteiger partial charge in [-0.3, -0.25) is 9.79 Å². The molecule has 2 fully saturated rings. The van der Waals surface area contributed by atoms with Gasteiger partial charge in [0.15, 0.2) is 5.96 Å². The lowest BCUT2D eigenvalue weighted by Crippen LogP contribution is -2.53. The predicted molar refractivity (Wildman–Crippen MR) is 133 cm³/mol. The van der Waals surface area contributed by atoms with E-state index in [0.29, 0.717) is 19.0 Å². The Hall–Kier alpha value is -1.71. The molecule has 30 heavy (non-hydrogen) atoms. The Morgan fingerprint density at radius 1 is 1.17 bits per heavy atom. The summed E-state index contributed by atoms with van der Waals surface area (Å²) >= 11 is 0. The van der Waals surface area contributed by atoms with Crippen LogP contribution in [0, 0.1) is 0 Å². The zero-order valence-electron chi connectivity index (χ0n) is 18.2. The largest absolute Gasteiger partial charge is 0.497 e. The molecule has 3 rings (SSSR count). The highest BCUT2D eigenvalue weighted by molar-refractivity contribution is 14.0. The second-order valence-corrected chi connectivity index (χ2v) is 7.80. The van der Waals surface area contributed by atoms with E-state index in [1.807, 2.05) is 12.1 Å². The summed E-state index contributed by atoms with van der Waals surface area (Å²) in [6.07, 6.45) is 6.50. The van der Waals surface area contributed by atoms with Crippen molar-refractivity contribution >= 4 is 41.5 Å². The highest BCUT2D eigenvalue weighted by Crippen LogP contribution is 2.22. The molecule has 1 aromatic carbocycles. The average Bonchev–Trinajstić information content (AvgIpc) is 2.77. The molecule has 1 saturated heterocycles. The number of amides is 1. The number of nitrogens with one attached hydrogen (secondary N) is 2. The van der Waals surface area contributed by atoms with Gasteiger partial charge in [0.05, 0.1) is 7.11 Å². The fourth-order valence-electron chi connectivity index (χ4n) is 4.15. The molecule has 0 bridgehead atoms. The molecule has 8 heteroatoms. The van der Waals surface area contributed by atoms with E-state index < -0.39 is 0 Å². The Balaban J connectivity index is 0.00000320. The maximum Gasteiger partial charge on any atom is 0.221 e. The maximum absolute atomic E-state index is 12.2. The molecule has 1 aliphatic carbocycles. The van der Waals surface area contributed by atoms with Crippen LogP contribution in [0.15, 0.2) is 29.3 Å². The van der Waals surface area contributed by atoms with Crippen LogP contribution in [0.1, 0.15) is 38.5 Å². The van der Waals surface area contributed by atoms with E-state index in [0.717, 1.165) is 50.7 Å². The van der Waals surface area contributed by atoms with Crippen LogP contribution >= 0.6 is 24.0 Å². The fraction of sp³-hybridized carbons (Fsp3) is 0.636. The van der Waals surface area contributed by atoms with Crippen LogP contribution < -0.4 is 20.3 Å². The third-order valence-electron chi connectivity index (χ3n) is 5.81. The van der Waals surface area contributed by atoms with E-state index in [1.165, 1.54) is 24.9 Å². The number of halogens is 1. The van der Waals surface area contributed by atoms with Gasteiger partial charge in [0, 0.05) is 64.0 Å². The van der Waals surface area contributed by atoms with Crippen LogP contribution in [0.2, 0.25) is 0 Å². The Labute approximate surface area is 197 Å². The molecule has 0 radical (unpaired) electrons. The summed E-state index contributed by atoms with van der Waals surface area (Å²) in [5.41, 5.74) is 1.19. The number of aliphatic imine (C=N–C) groups is 1. The van der Waals surface area contributed by atoms with Crippen molar-refractivity contribution in [2.45, 2.75) is 44.6 Å². The Morgan fingerprint density at radius 3 is 2.57 bits per heavy atom. The van der Waals surface area contributed by atoms with Gasteiger partial charge >= 0.3 is 0 Å². The highest BCUT2D eigenvalue weighted by Gasteiger charge is 2.20. The van der Waals surface area contributed by atoms with Crippen LogP contribution in [-0.4, -0.2) is 69.7 Å². The Kier molecular flexibility index (Phi) is 10.5. The average molecular weight is 529 g/mol. The molecule has 7 nitrogen and oxygen atoms in total. The lowest BCUT2D eigenvalue weighted by Gasteiger charge is -2.37. The van der Waals surface area contributed by atoms with Crippen LogP contribution in [0.25, 0.3) is 0 Å². The number of rotatable bonds is 6. The number of carbonyl (C=O) groups excluding carboxylic acids is 1. The van der Waals surface area contributed by atoms with Gasteiger partial charge in [-0.1, -0.05) is 25.3 Å². The number of anilines is 1. The van der Waals surface area contributed by atoms with Crippen molar-refractivity contribution < 1.29 is 9.53 Å². The molecule has 0 unspecified atom stereocenters. The number of hydrogen-bond donors (Lipinski definition) is 2. The molecule has 1 saturated carbocycles. The molecule has 168 valence electrons. The molecule has 1 heterocycles. The molecule has 1 aliphatic heterocycles. The molecular formula is C22H36IN5O2. The summed E-state index contributed by atoms with van der Waals surface area (Å²) in [6.45, 7) is 4.25. The van der Waals surface area contributed by atoms with Gasteiger partial charge in [0.1, 0.15) is 5.75 Å². The Bertz CT molecular complexity index is 686. The van der Waals surface area contributed by atoms with Gasteiger partial charge in [-0.25, -0.2) is 0 Å². The maximum atomic E-state index is 12.2. The van der Waals surface area contributed by atoms with E-state index in [-0.39, 0.29) is 29.9 Å². The topological polar surface area (TPSA) is 69.2 Å². The van der Waals surface area contributed by atoms with Gasteiger partial charge in [0.2, 0.25) is 5.91 Å². The van der Waals surface area contributed by atoms with Crippen molar-refractivity contribution in [1.29, 1.82) is 0 Å². The first-order valence-corrected chi connectivity index (χ1v) is 10.8. The number of nitrogens with zero attached hydrogens (tertiary/aromatic N) is 3. The molecule has 1 amide bonds. The summed E-state index contributed by atoms with van der Waals surface area (Å²) < 4.78 is 5.33. The second-order valence-electron chi connectivity index (χ2n) is 7.80. The Morgan fingerprint density at radius 2 is 1.90 bits per heavy atom. The molecule has 2 N–H and O–H groups in total. The van der Waals surface area contributed by atoms with Gasteiger partial charge in [-0.2, -0.15) is 0 Å². The highest BCUT2D eigenvalue weighted by atomic mass is 127. The number of benzene rings is 1. The molecule has 0 atom stereocenters. The predicted octanol–water partition coefficient (Wildman–Crippen LogP) is 2.85. The smallest absolute Gasteiger partial charge is 0.221 e. The fourth-order valence-corrected chi connectivity index (χ4v) is 4.15. The summed E-state index contributed by atoms with van der Waals surface area (Å²) in [4.78, 5) is 21.2. The number of hydrogen-bond acceptors (Lipinski definition) is 4. The van der Waals surface area contributed by atoms with E-state index in [4.69, 9.17) is 4.74 Å². The summed E-state index contributed by atoms with van der Waals surface area (Å²) in [5, 5.41) is 6.53. The van der Waals surface area contributed by atoms with Crippen molar-refractivity contribution in [2.75, 3.05) is 51.8 Å². The quantitative estimate of drug-likeness (QED) is 0.337. The van der Waals surface area contributed by atoms with Gasteiger partial charge in [-0.05, 0) is 25.0 Å². The van der Waals surface area contributed by atoms with Crippen LogP contribution in [0.3, 0.4) is 0 Å². The molecule has 0 aromatic heterocycles. The molecule has 0 spiro atoms. The minimum absolute atomic E-state index is 0. The van der Waals surface area contributed by atoms with Crippen LogP contribution in [0.5, 0.6) is 5.75 Å². The van der Waals surface area contributed by atoms with Gasteiger partial charge in [0.25, 0.3) is 0 Å². The number of ether oxygens (including phenoxy) is 1. The van der Waals surface area contributed by atoms with Crippen LogP contribution in [-0.2, 0) is 4.79 Å². The van der Waals surface area contributed by atoms with Crippen molar-refractivity contribution in [3.8, 4) is 5.75 Å². The molecule has 1 aromatic rings. The number of piperazine rings is 1. The number of methoxy groups -OCH3 is 1. The lowest BCUT2D eigenvalue weighted by atomic mass is 9.95. The standard InChI is InChI=1S/C22H35N5O2.HI/c1-23-22(24-12-11-21(28)25-18-7-4-3-5-8-18)27-15-13-26(14-16-27)19-9-6-10-20(17-19)29-2;/h6,9-10,17-18H,3-5,7-8,11-16H2,1-2H3,(H,23,24)(H,25,28);1H. The summed E-state index contributed by atoms with van der Waals surface area (Å²) in [7, 11) is 3.50. The SMILES string of the molecule is CN=C(NCCC(=O)NC1CCCCC1)N1CCN(c2cccc(OC)c2)CC1.I. The monoisotopic (exact) mass is 529 g/mol. The van der Waals surface area contributed by atoms with E-state index >= 15 is 0 Å². The second kappa shape index (κ2) is 12.9. The van der Waals surface area contributed by atoms with Gasteiger partial charge < -0.3 is 25.2 Å². The first kappa shape index (κ1) is 24.6. The van der Waals surface area contributed by atoms with E-state index in [2.05, 4.69) is 37.6 Å². The minimum atomic E-state index is 0. The van der Waals surface area contributed by atoms with Crippen LogP contribution in [0.4, 0.5) is 5.69 Å². The number of carbonyl (C=O) groups is 1. The van der Waals surface area contributed by atoms with Crippen molar-refractivity contribution in [3.05, 3.63) is 24.3 Å². The summed E-state index contributed by atoms with van der Waals surface area (Å²) in [6, 6.07) is 8.57. The van der Waals surface area contributed by atoms with Gasteiger partial charge in [-0.15, -0.1) is 24.0 Å². The first-order chi connectivity index (χ1) is 14.2. The summed E-state index contributed by atoms with van der Waals surface area (Å²) in [5.74, 6) is 1.90. The first-order valence-electron chi connectivity index (χ1n) is 10.8. The zero-order valence-corrected chi connectivity index (χ0v) is 20.6. The number of guanidine groups is 1. The third kappa shape index (κ3) is 7.21. The zero-order chi connectivity index (χ0) is 20.5. The normalized spacial score (nSPS) is 17.9. The third-order valence-corrected chi connectivity index (χ3v) is 5.81.